The zero-order chi connectivity index (χ0) is 19.8. The molecule has 6 nitrogen and oxygen atoms in total. The first-order chi connectivity index (χ1) is 13.7. The van der Waals surface area contributed by atoms with Gasteiger partial charge < -0.3 is 18.9 Å². The number of hydrogen-bond acceptors (Lipinski definition) is 4. The Hall–Kier alpha value is -3.12. The van der Waals surface area contributed by atoms with Gasteiger partial charge in [-0.1, -0.05) is 12.1 Å². The normalized spacial score (nSPS) is 10.6. The fourth-order valence-electron chi connectivity index (χ4n) is 3.01. The molecule has 1 amide bonds. The van der Waals surface area contributed by atoms with E-state index >= 15 is 0 Å². The molecule has 28 heavy (non-hydrogen) atoms. The van der Waals surface area contributed by atoms with Gasteiger partial charge in [0.05, 0.1) is 13.4 Å². The fourth-order valence-corrected chi connectivity index (χ4v) is 3.01. The summed E-state index contributed by atoms with van der Waals surface area (Å²) in [5.74, 6) is 0.780. The molecule has 0 bridgehead atoms. The smallest absolute Gasteiger partial charge is 0.254 e. The van der Waals surface area contributed by atoms with E-state index in [1.165, 1.54) is 0 Å². The number of carbonyl (C=O) groups excluding carboxylic acids is 1. The Morgan fingerprint density at radius 3 is 2.64 bits per heavy atom. The van der Waals surface area contributed by atoms with E-state index in [4.69, 9.17) is 9.47 Å². The average molecular weight is 379 g/mol. The van der Waals surface area contributed by atoms with Crippen molar-refractivity contribution < 1.29 is 14.3 Å². The van der Waals surface area contributed by atoms with Gasteiger partial charge in [-0.25, -0.2) is 4.98 Å². The van der Waals surface area contributed by atoms with Gasteiger partial charge in [-0.15, -0.1) is 0 Å². The molecule has 1 aromatic heterocycles. The molecular formula is C22H25N3O3. The predicted molar refractivity (Wildman–Crippen MR) is 108 cm³/mol. The summed E-state index contributed by atoms with van der Waals surface area (Å²) in [5.41, 5.74) is 2.65. The first-order valence-electron chi connectivity index (χ1n) is 9.21. The first-order valence-corrected chi connectivity index (χ1v) is 9.21. The molecular weight excluding hydrogens is 354 g/mol. The van der Waals surface area contributed by atoms with Crippen molar-refractivity contribution in [3.8, 4) is 11.4 Å². The Balaban J connectivity index is 1.77. The number of hydrogen-bond donors (Lipinski definition) is 0. The maximum atomic E-state index is 13.1. The predicted octanol–water partition coefficient (Wildman–Crippen LogP) is 3.56. The zero-order valence-electron chi connectivity index (χ0n) is 16.2. The summed E-state index contributed by atoms with van der Waals surface area (Å²) in [5, 5.41) is 0. The lowest BCUT2D eigenvalue weighted by Crippen LogP contribution is -2.32. The van der Waals surface area contributed by atoms with Gasteiger partial charge in [0, 0.05) is 50.5 Å². The minimum atomic E-state index is -0.00361. The Labute approximate surface area is 165 Å². The third kappa shape index (κ3) is 4.98. The largest absolute Gasteiger partial charge is 0.497 e. The lowest BCUT2D eigenvalue weighted by Gasteiger charge is -2.23. The van der Waals surface area contributed by atoms with Crippen LogP contribution in [0, 0.1) is 0 Å². The maximum Gasteiger partial charge on any atom is 0.254 e. The van der Waals surface area contributed by atoms with Gasteiger partial charge in [0.25, 0.3) is 5.91 Å². The van der Waals surface area contributed by atoms with Crippen molar-refractivity contribution in [2.45, 2.75) is 13.0 Å². The van der Waals surface area contributed by atoms with E-state index in [0.717, 1.165) is 23.4 Å². The van der Waals surface area contributed by atoms with Crippen LogP contribution < -0.4 is 4.74 Å². The molecule has 0 aliphatic rings. The number of benzene rings is 2. The van der Waals surface area contributed by atoms with Crippen molar-refractivity contribution in [3.05, 3.63) is 78.4 Å². The number of ether oxygens (including phenoxy) is 2. The number of rotatable bonds is 9. The molecule has 0 atom stereocenters. The van der Waals surface area contributed by atoms with Crippen LogP contribution in [-0.2, 0) is 11.3 Å². The standard InChI is InChI=1S/C22H25N3O3/c1-27-14-4-12-24(16-18-5-3-6-21(15-18)28-2)22(26)19-7-9-20(10-8-19)25-13-11-23-17-25/h3,5-11,13,15,17H,4,12,14,16H2,1-2H3. The van der Waals surface area contributed by atoms with Crippen molar-refractivity contribution in [2.24, 2.45) is 0 Å². The number of amides is 1. The minimum Gasteiger partial charge on any atom is -0.497 e. The zero-order valence-corrected chi connectivity index (χ0v) is 16.2. The topological polar surface area (TPSA) is 56.6 Å². The monoisotopic (exact) mass is 379 g/mol. The lowest BCUT2D eigenvalue weighted by molar-refractivity contribution is 0.0723. The number of nitrogens with zero attached hydrogens (tertiary/aromatic N) is 3. The second-order valence-corrected chi connectivity index (χ2v) is 6.44. The van der Waals surface area contributed by atoms with Crippen LogP contribution in [0.25, 0.3) is 5.69 Å². The van der Waals surface area contributed by atoms with Crippen molar-refractivity contribution in [2.75, 3.05) is 27.4 Å². The molecule has 0 saturated heterocycles. The molecule has 0 N–H and O–H groups in total. The van der Waals surface area contributed by atoms with Crippen LogP contribution in [0.1, 0.15) is 22.3 Å². The summed E-state index contributed by atoms with van der Waals surface area (Å²) in [6.45, 7) is 1.75. The molecule has 0 radical (unpaired) electrons. The third-order valence-corrected chi connectivity index (χ3v) is 4.49. The molecule has 0 fully saturated rings. The van der Waals surface area contributed by atoms with Gasteiger partial charge >= 0.3 is 0 Å². The van der Waals surface area contributed by atoms with Crippen LogP contribution >= 0.6 is 0 Å². The molecule has 0 saturated carbocycles. The second kappa shape index (κ2) is 9.71. The Kier molecular flexibility index (Phi) is 6.81. The summed E-state index contributed by atoms with van der Waals surface area (Å²) in [6.07, 6.45) is 6.11. The Morgan fingerprint density at radius 1 is 1.14 bits per heavy atom. The molecule has 146 valence electrons. The van der Waals surface area contributed by atoms with Gasteiger partial charge in [0.1, 0.15) is 5.75 Å². The minimum absolute atomic E-state index is 0.00361. The van der Waals surface area contributed by atoms with E-state index in [1.807, 2.05) is 64.2 Å². The quantitative estimate of drug-likeness (QED) is 0.534. The molecule has 1 heterocycles. The van der Waals surface area contributed by atoms with Crippen LogP contribution in [0.15, 0.2) is 67.3 Å². The van der Waals surface area contributed by atoms with Gasteiger partial charge in [-0.05, 0) is 48.4 Å². The summed E-state index contributed by atoms with van der Waals surface area (Å²) >= 11 is 0. The summed E-state index contributed by atoms with van der Waals surface area (Å²) in [7, 11) is 3.31. The number of imidazole rings is 1. The molecule has 3 rings (SSSR count). The molecule has 0 aliphatic heterocycles. The van der Waals surface area contributed by atoms with E-state index in [-0.39, 0.29) is 5.91 Å². The highest BCUT2D eigenvalue weighted by atomic mass is 16.5. The first kappa shape index (κ1) is 19.6. The highest BCUT2D eigenvalue weighted by Crippen LogP contribution is 2.17. The van der Waals surface area contributed by atoms with E-state index < -0.39 is 0 Å². The highest BCUT2D eigenvalue weighted by Gasteiger charge is 2.16. The van der Waals surface area contributed by atoms with E-state index in [9.17, 15) is 4.79 Å². The van der Waals surface area contributed by atoms with Crippen LogP contribution in [0.2, 0.25) is 0 Å². The Bertz CT molecular complexity index is 876. The van der Waals surface area contributed by atoms with Crippen molar-refractivity contribution >= 4 is 5.91 Å². The van der Waals surface area contributed by atoms with E-state index in [2.05, 4.69) is 4.98 Å². The van der Waals surface area contributed by atoms with Gasteiger partial charge in [0.2, 0.25) is 0 Å². The van der Waals surface area contributed by atoms with Crippen LogP contribution in [0.3, 0.4) is 0 Å². The van der Waals surface area contributed by atoms with Crippen molar-refractivity contribution in [3.63, 3.8) is 0 Å². The Morgan fingerprint density at radius 2 is 1.96 bits per heavy atom. The van der Waals surface area contributed by atoms with E-state index in [0.29, 0.717) is 25.3 Å². The fraction of sp³-hybridized carbons (Fsp3) is 0.273. The molecule has 2 aromatic carbocycles. The van der Waals surface area contributed by atoms with Gasteiger partial charge in [-0.3, -0.25) is 4.79 Å². The van der Waals surface area contributed by atoms with Crippen molar-refractivity contribution in [1.82, 2.24) is 14.5 Å². The van der Waals surface area contributed by atoms with Gasteiger partial charge in [0.15, 0.2) is 0 Å². The molecule has 6 heteroatoms. The van der Waals surface area contributed by atoms with Crippen LogP contribution in [0.4, 0.5) is 0 Å². The van der Waals surface area contributed by atoms with Crippen LogP contribution in [-0.4, -0.2) is 47.7 Å². The van der Waals surface area contributed by atoms with E-state index in [1.54, 1.807) is 26.7 Å². The molecule has 0 unspecified atom stereocenters. The second-order valence-electron chi connectivity index (χ2n) is 6.44. The highest BCUT2D eigenvalue weighted by molar-refractivity contribution is 5.94. The number of aromatic nitrogens is 2. The number of carbonyl (C=O) groups is 1. The van der Waals surface area contributed by atoms with Crippen molar-refractivity contribution in [1.29, 1.82) is 0 Å². The summed E-state index contributed by atoms with van der Waals surface area (Å²) < 4.78 is 12.4. The SMILES string of the molecule is COCCCN(Cc1cccc(OC)c1)C(=O)c1ccc(-n2ccnc2)cc1. The summed E-state index contributed by atoms with van der Waals surface area (Å²) in [4.78, 5) is 19.0. The molecule has 0 aliphatic carbocycles. The third-order valence-electron chi connectivity index (χ3n) is 4.49. The average Bonchev–Trinajstić information content (AvgIpc) is 3.28. The van der Waals surface area contributed by atoms with Gasteiger partial charge in [-0.2, -0.15) is 0 Å². The lowest BCUT2D eigenvalue weighted by atomic mass is 10.1. The number of methoxy groups -OCH3 is 2. The summed E-state index contributed by atoms with van der Waals surface area (Å²) in [6, 6.07) is 15.3. The van der Waals surface area contributed by atoms with Crippen LogP contribution in [0.5, 0.6) is 5.75 Å². The molecule has 0 spiro atoms. The molecule has 3 aromatic rings. The maximum absolute atomic E-state index is 13.1.